The Kier molecular flexibility index (Phi) is 2.51. The highest BCUT2D eigenvalue weighted by Gasteiger charge is 2.59. The summed E-state index contributed by atoms with van der Waals surface area (Å²) in [6.45, 7) is 7.34. The summed E-state index contributed by atoms with van der Waals surface area (Å²) in [5.41, 5.74) is 1.95. The zero-order valence-corrected chi connectivity index (χ0v) is 13.3. The van der Waals surface area contributed by atoms with Crippen molar-refractivity contribution in [1.29, 1.82) is 0 Å². The van der Waals surface area contributed by atoms with Crippen LogP contribution in [0.3, 0.4) is 0 Å². The molecule has 2 aromatic rings. The quantitative estimate of drug-likeness (QED) is 0.847. The number of fused-ring (bicyclic) bond motifs is 3. The Balaban J connectivity index is 1.68. The van der Waals surface area contributed by atoms with Gasteiger partial charge in [0.05, 0.1) is 10.2 Å². The Morgan fingerprint density at radius 2 is 2.05 bits per heavy atom. The fraction of sp³-hybridized carbons (Fsp3) is 0.588. The number of thiazole rings is 1. The molecule has 2 saturated carbocycles. The smallest absolute Gasteiger partial charge is 0.184 e. The van der Waals surface area contributed by atoms with Crippen molar-refractivity contribution in [3.05, 3.63) is 24.3 Å². The number of rotatable bonds is 2. The number of hydrogen-bond donors (Lipinski definition) is 1. The van der Waals surface area contributed by atoms with Crippen LogP contribution in [0.25, 0.3) is 10.2 Å². The lowest BCUT2D eigenvalue weighted by molar-refractivity contribution is 0.155. The third kappa shape index (κ3) is 1.65. The monoisotopic (exact) mass is 286 g/mol. The molecule has 20 heavy (non-hydrogen) atoms. The summed E-state index contributed by atoms with van der Waals surface area (Å²) in [6, 6.07) is 8.97. The van der Waals surface area contributed by atoms with Crippen molar-refractivity contribution >= 4 is 26.7 Å². The third-order valence-corrected chi connectivity index (χ3v) is 6.80. The molecule has 2 aliphatic rings. The van der Waals surface area contributed by atoms with Crippen LogP contribution in [0.1, 0.15) is 40.0 Å². The normalized spacial score (nSPS) is 34.8. The average Bonchev–Trinajstić information content (AvgIpc) is 3.03. The molecule has 106 valence electrons. The molecule has 4 rings (SSSR count). The summed E-state index contributed by atoms with van der Waals surface area (Å²) >= 11 is 1.79. The molecular formula is C17H22N2S. The van der Waals surface area contributed by atoms with Crippen LogP contribution in [0.2, 0.25) is 0 Å². The molecule has 0 aliphatic heterocycles. The van der Waals surface area contributed by atoms with E-state index in [-0.39, 0.29) is 0 Å². The van der Waals surface area contributed by atoms with Gasteiger partial charge in [-0.25, -0.2) is 4.98 Å². The fourth-order valence-electron chi connectivity index (χ4n) is 4.72. The minimum absolute atomic E-state index is 0.380. The van der Waals surface area contributed by atoms with Gasteiger partial charge in [-0.05, 0) is 48.1 Å². The van der Waals surface area contributed by atoms with Gasteiger partial charge in [0.15, 0.2) is 5.13 Å². The molecule has 1 aromatic carbocycles. The minimum atomic E-state index is 0.380. The van der Waals surface area contributed by atoms with Gasteiger partial charge in [0, 0.05) is 6.04 Å². The van der Waals surface area contributed by atoms with Gasteiger partial charge in [-0.15, -0.1) is 0 Å². The predicted octanol–water partition coefficient (Wildman–Crippen LogP) is 4.92. The number of anilines is 1. The minimum Gasteiger partial charge on any atom is -0.358 e. The molecule has 2 bridgehead atoms. The van der Waals surface area contributed by atoms with Crippen molar-refractivity contribution in [3.63, 3.8) is 0 Å². The van der Waals surface area contributed by atoms with Gasteiger partial charge < -0.3 is 5.32 Å². The van der Waals surface area contributed by atoms with E-state index >= 15 is 0 Å². The van der Waals surface area contributed by atoms with Gasteiger partial charge >= 0.3 is 0 Å². The zero-order chi connectivity index (χ0) is 14.0. The van der Waals surface area contributed by atoms with E-state index in [4.69, 9.17) is 4.98 Å². The van der Waals surface area contributed by atoms with Gasteiger partial charge in [-0.1, -0.05) is 44.2 Å². The number of nitrogens with one attached hydrogen (secondary N) is 1. The Morgan fingerprint density at radius 1 is 1.25 bits per heavy atom. The van der Waals surface area contributed by atoms with E-state index in [2.05, 4.69) is 50.4 Å². The molecule has 1 heterocycles. The lowest BCUT2D eigenvalue weighted by Gasteiger charge is -2.43. The van der Waals surface area contributed by atoms with Gasteiger partial charge in [-0.2, -0.15) is 0 Å². The van der Waals surface area contributed by atoms with Gasteiger partial charge in [0.25, 0.3) is 0 Å². The number of aromatic nitrogens is 1. The molecule has 2 aliphatic carbocycles. The highest BCUT2D eigenvalue weighted by atomic mass is 32.1. The van der Waals surface area contributed by atoms with Crippen molar-refractivity contribution < 1.29 is 0 Å². The lowest BCUT2D eigenvalue weighted by atomic mass is 9.68. The first-order valence-electron chi connectivity index (χ1n) is 7.61. The molecule has 1 N–H and O–H groups in total. The van der Waals surface area contributed by atoms with Crippen molar-refractivity contribution in [2.75, 3.05) is 5.32 Å². The summed E-state index contributed by atoms with van der Waals surface area (Å²) in [6.07, 6.45) is 4.15. The molecular weight excluding hydrogens is 264 g/mol. The van der Waals surface area contributed by atoms with Gasteiger partial charge in [-0.3, -0.25) is 0 Å². The van der Waals surface area contributed by atoms with Gasteiger partial charge in [0.2, 0.25) is 0 Å². The van der Waals surface area contributed by atoms with Crippen molar-refractivity contribution in [2.45, 2.75) is 46.1 Å². The van der Waals surface area contributed by atoms with Gasteiger partial charge in [0.1, 0.15) is 0 Å². The topological polar surface area (TPSA) is 24.9 Å². The van der Waals surface area contributed by atoms with Crippen LogP contribution in [0.15, 0.2) is 24.3 Å². The van der Waals surface area contributed by atoms with E-state index in [0.717, 1.165) is 16.6 Å². The first-order valence-corrected chi connectivity index (χ1v) is 8.43. The van der Waals surface area contributed by atoms with E-state index in [9.17, 15) is 0 Å². The molecule has 2 fully saturated rings. The lowest BCUT2D eigenvalue weighted by Crippen LogP contribution is -2.45. The standard InChI is InChI=1S/C17H22N2S/c1-16(2)11-8-9-17(3,10-11)14(16)19-15-18-12-6-4-5-7-13(12)20-15/h4-7,11,14H,8-10H2,1-3H3,(H,18,19). The number of nitrogens with zero attached hydrogens (tertiary/aromatic N) is 1. The molecule has 0 radical (unpaired) electrons. The van der Waals surface area contributed by atoms with Crippen LogP contribution >= 0.6 is 11.3 Å². The maximum Gasteiger partial charge on any atom is 0.184 e. The van der Waals surface area contributed by atoms with E-state index < -0.39 is 0 Å². The van der Waals surface area contributed by atoms with Crippen molar-refractivity contribution in [3.8, 4) is 0 Å². The Labute approximate surface area is 124 Å². The highest BCUT2D eigenvalue weighted by molar-refractivity contribution is 7.22. The largest absolute Gasteiger partial charge is 0.358 e. The first-order chi connectivity index (χ1) is 9.49. The Hall–Kier alpha value is -1.09. The molecule has 0 spiro atoms. The van der Waals surface area contributed by atoms with Crippen LogP contribution in [-0.2, 0) is 0 Å². The van der Waals surface area contributed by atoms with E-state index in [1.54, 1.807) is 11.3 Å². The molecule has 0 saturated heterocycles. The summed E-state index contributed by atoms with van der Waals surface area (Å²) in [5.74, 6) is 0.874. The SMILES string of the molecule is CC12CCC(C1)C(C)(C)C2Nc1nc2ccccc2s1. The molecule has 2 nitrogen and oxygen atoms in total. The maximum atomic E-state index is 4.76. The fourth-order valence-corrected chi connectivity index (χ4v) is 5.61. The van der Waals surface area contributed by atoms with Crippen molar-refractivity contribution in [1.82, 2.24) is 4.98 Å². The maximum absolute atomic E-state index is 4.76. The summed E-state index contributed by atoms with van der Waals surface area (Å²) in [5, 5.41) is 4.90. The summed E-state index contributed by atoms with van der Waals surface area (Å²) in [4.78, 5) is 4.76. The highest BCUT2D eigenvalue weighted by Crippen LogP contribution is 2.63. The Morgan fingerprint density at radius 3 is 2.75 bits per heavy atom. The summed E-state index contributed by atoms with van der Waals surface area (Å²) < 4.78 is 1.28. The van der Waals surface area contributed by atoms with Crippen LogP contribution in [-0.4, -0.2) is 11.0 Å². The first kappa shape index (κ1) is 12.6. The second-order valence-corrected chi connectivity index (χ2v) is 8.51. The van der Waals surface area contributed by atoms with E-state index in [1.165, 1.54) is 24.0 Å². The summed E-state index contributed by atoms with van der Waals surface area (Å²) in [7, 11) is 0. The number of hydrogen-bond acceptors (Lipinski definition) is 3. The average molecular weight is 286 g/mol. The number of para-hydroxylation sites is 1. The molecule has 0 amide bonds. The van der Waals surface area contributed by atoms with Crippen LogP contribution in [0.5, 0.6) is 0 Å². The second-order valence-electron chi connectivity index (χ2n) is 7.48. The predicted molar refractivity (Wildman–Crippen MR) is 86.3 cm³/mol. The number of benzene rings is 1. The van der Waals surface area contributed by atoms with Crippen LogP contribution < -0.4 is 5.32 Å². The molecule has 3 unspecified atom stereocenters. The third-order valence-electron chi connectivity index (χ3n) is 5.83. The molecule has 3 atom stereocenters. The second kappa shape index (κ2) is 3.97. The van der Waals surface area contributed by atoms with Crippen LogP contribution in [0.4, 0.5) is 5.13 Å². The Bertz CT molecular complexity index is 622. The van der Waals surface area contributed by atoms with E-state index in [1.807, 2.05) is 0 Å². The van der Waals surface area contributed by atoms with Crippen molar-refractivity contribution in [2.24, 2.45) is 16.7 Å². The molecule has 1 aromatic heterocycles. The zero-order valence-electron chi connectivity index (χ0n) is 12.4. The van der Waals surface area contributed by atoms with Crippen LogP contribution in [0, 0.1) is 16.7 Å². The van der Waals surface area contributed by atoms with E-state index in [0.29, 0.717) is 16.9 Å². The molecule has 3 heteroatoms.